The number of ketones is 1. The highest BCUT2D eigenvalue weighted by Crippen LogP contribution is 2.27. The second kappa shape index (κ2) is 10.2. The molecule has 3 aromatic rings. The summed E-state index contributed by atoms with van der Waals surface area (Å²) in [6.07, 6.45) is 0. The number of benzene rings is 2. The van der Waals surface area contributed by atoms with Crippen molar-refractivity contribution < 1.29 is 19.1 Å². The number of thiazole rings is 1. The summed E-state index contributed by atoms with van der Waals surface area (Å²) < 4.78 is 6.13. The van der Waals surface area contributed by atoms with E-state index in [2.05, 4.69) is 10.3 Å². The first-order valence-corrected chi connectivity index (χ1v) is 11.0. The van der Waals surface area contributed by atoms with Crippen LogP contribution < -0.4 is 5.32 Å². The highest BCUT2D eigenvalue weighted by Gasteiger charge is 2.16. The number of hydrogen-bond acceptors (Lipinski definition) is 7. The quantitative estimate of drug-likeness (QED) is 0.309. The number of aryl methyl sites for hydroxylation is 1. The molecule has 0 spiro atoms. The summed E-state index contributed by atoms with van der Waals surface area (Å²) in [5.74, 6) is -0.681. The van der Waals surface area contributed by atoms with Crippen molar-refractivity contribution in [1.82, 2.24) is 4.98 Å². The maximum absolute atomic E-state index is 12.5. The Morgan fingerprint density at radius 1 is 1.07 bits per heavy atom. The van der Waals surface area contributed by atoms with Crippen molar-refractivity contribution in [2.45, 2.75) is 23.9 Å². The van der Waals surface area contributed by atoms with E-state index in [4.69, 9.17) is 4.74 Å². The Morgan fingerprint density at radius 2 is 1.77 bits per heavy atom. The number of amides is 1. The third-order valence-electron chi connectivity index (χ3n) is 4.10. The van der Waals surface area contributed by atoms with Gasteiger partial charge < -0.3 is 10.1 Å². The van der Waals surface area contributed by atoms with Crippen molar-refractivity contribution in [2.75, 3.05) is 11.9 Å². The minimum absolute atomic E-state index is 0.162. The molecule has 0 unspecified atom stereocenters. The topological polar surface area (TPSA) is 85.4 Å². The Labute approximate surface area is 182 Å². The highest BCUT2D eigenvalue weighted by molar-refractivity contribution is 8.00. The third kappa shape index (κ3) is 5.77. The molecule has 8 heteroatoms. The Balaban J connectivity index is 1.60. The molecule has 1 N–H and O–H groups in total. The molecule has 0 bridgehead atoms. The fraction of sp³-hybridized carbons (Fsp3) is 0.182. The molecule has 0 fully saturated rings. The molecule has 1 aromatic heterocycles. The van der Waals surface area contributed by atoms with Gasteiger partial charge in [0, 0.05) is 22.4 Å². The zero-order chi connectivity index (χ0) is 21.5. The molecule has 0 atom stereocenters. The average molecular weight is 441 g/mol. The van der Waals surface area contributed by atoms with Gasteiger partial charge in [0.25, 0.3) is 5.91 Å². The van der Waals surface area contributed by atoms with Crippen LogP contribution in [0.25, 0.3) is 0 Å². The van der Waals surface area contributed by atoms with E-state index in [1.54, 1.807) is 59.5 Å². The Hall–Kier alpha value is -2.97. The molecule has 3 rings (SSSR count). The van der Waals surface area contributed by atoms with Gasteiger partial charge in [0.15, 0.2) is 12.4 Å². The number of carbonyl (C=O) groups is 3. The first kappa shape index (κ1) is 21.7. The molecule has 1 heterocycles. The van der Waals surface area contributed by atoms with Gasteiger partial charge in [-0.25, -0.2) is 9.78 Å². The van der Waals surface area contributed by atoms with Crippen LogP contribution in [0.3, 0.4) is 0 Å². The van der Waals surface area contributed by atoms with E-state index < -0.39 is 18.5 Å². The number of ether oxygens (including phenoxy) is 1. The third-order valence-corrected chi connectivity index (χ3v) is 6.29. The lowest BCUT2D eigenvalue weighted by Gasteiger charge is -2.11. The van der Waals surface area contributed by atoms with Gasteiger partial charge in [-0.15, -0.1) is 11.3 Å². The largest absolute Gasteiger partial charge is 0.452 e. The van der Waals surface area contributed by atoms with Crippen molar-refractivity contribution in [3.63, 3.8) is 0 Å². The number of Topliss-reactive ketones (excluding diaryl/α,β-unsaturated/α-hetero) is 1. The van der Waals surface area contributed by atoms with Crippen LogP contribution in [0.4, 0.5) is 5.69 Å². The number of carbonyl (C=O) groups excluding carboxylic acids is 3. The predicted molar refractivity (Wildman–Crippen MR) is 118 cm³/mol. The maximum Gasteiger partial charge on any atom is 0.338 e. The fourth-order valence-electron chi connectivity index (χ4n) is 2.68. The molecular weight excluding hydrogens is 420 g/mol. The van der Waals surface area contributed by atoms with Crippen molar-refractivity contribution in [1.29, 1.82) is 0 Å². The van der Waals surface area contributed by atoms with E-state index in [0.717, 1.165) is 15.6 Å². The van der Waals surface area contributed by atoms with Crippen LogP contribution in [0.15, 0.2) is 58.3 Å². The minimum Gasteiger partial charge on any atom is -0.452 e. The van der Waals surface area contributed by atoms with Crippen LogP contribution >= 0.6 is 23.1 Å². The second-order valence-corrected chi connectivity index (χ2v) is 8.51. The first-order chi connectivity index (χ1) is 14.4. The summed E-state index contributed by atoms with van der Waals surface area (Å²) in [6, 6.07) is 13.8. The van der Waals surface area contributed by atoms with Gasteiger partial charge in [-0.05, 0) is 37.6 Å². The first-order valence-electron chi connectivity index (χ1n) is 9.14. The molecule has 2 aromatic carbocycles. The molecule has 0 radical (unpaired) electrons. The zero-order valence-electron chi connectivity index (χ0n) is 16.5. The molecule has 0 aliphatic heterocycles. The normalized spacial score (nSPS) is 10.5. The van der Waals surface area contributed by atoms with Gasteiger partial charge in [-0.1, -0.05) is 42.1 Å². The molecule has 30 heavy (non-hydrogen) atoms. The summed E-state index contributed by atoms with van der Waals surface area (Å²) in [4.78, 5) is 40.8. The van der Waals surface area contributed by atoms with E-state index in [0.29, 0.717) is 22.6 Å². The number of hydrogen-bond donors (Lipinski definition) is 1. The number of nitrogens with zero attached hydrogens (tertiary/aromatic N) is 1. The highest BCUT2D eigenvalue weighted by atomic mass is 32.2. The molecule has 154 valence electrons. The molecule has 1 amide bonds. The van der Waals surface area contributed by atoms with Crippen LogP contribution in [0.1, 0.15) is 38.9 Å². The van der Waals surface area contributed by atoms with Crippen LogP contribution in [0, 0.1) is 6.92 Å². The summed E-state index contributed by atoms with van der Waals surface area (Å²) in [6.45, 7) is 2.91. The van der Waals surface area contributed by atoms with E-state index >= 15 is 0 Å². The Bertz CT molecular complexity index is 1080. The lowest BCUT2D eigenvalue weighted by atomic mass is 10.1. The minimum atomic E-state index is -0.573. The summed E-state index contributed by atoms with van der Waals surface area (Å²) in [5, 5.41) is 4.59. The van der Waals surface area contributed by atoms with Crippen LogP contribution in [-0.2, 0) is 15.3 Å². The number of nitrogens with one attached hydrogen (secondary N) is 1. The van der Waals surface area contributed by atoms with E-state index in [1.165, 1.54) is 6.92 Å². The van der Waals surface area contributed by atoms with Gasteiger partial charge in [0.05, 0.1) is 11.3 Å². The number of rotatable bonds is 8. The SMILES string of the molecule is CC(=O)c1ccccc1NC(=O)COC(=O)c1ccccc1CSc1nc(C)cs1. The van der Waals surface area contributed by atoms with Gasteiger partial charge in [-0.3, -0.25) is 9.59 Å². The van der Waals surface area contributed by atoms with Gasteiger partial charge >= 0.3 is 5.97 Å². The standard InChI is InChI=1S/C22H20N2O4S2/c1-14-12-29-22(23-14)30-13-16-7-3-4-9-18(16)21(27)28-11-20(26)24-19-10-6-5-8-17(19)15(2)25/h3-10,12H,11,13H2,1-2H3,(H,24,26). The molecule has 0 aliphatic rings. The van der Waals surface area contributed by atoms with Crippen molar-refractivity contribution in [2.24, 2.45) is 0 Å². The Morgan fingerprint density at radius 3 is 2.47 bits per heavy atom. The van der Waals surface area contributed by atoms with Crippen LogP contribution in [-0.4, -0.2) is 29.3 Å². The number of aromatic nitrogens is 1. The summed E-state index contributed by atoms with van der Waals surface area (Å²) in [5.41, 5.74) is 2.98. The van der Waals surface area contributed by atoms with Gasteiger partial charge in [-0.2, -0.15) is 0 Å². The van der Waals surface area contributed by atoms with E-state index in [9.17, 15) is 14.4 Å². The summed E-state index contributed by atoms with van der Waals surface area (Å²) in [7, 11) is 0. The number of esters is 1. The lowest BCUT2D eigenvalue weighted by molar-refractivity contribution is -0.119. The number of thioether (sulfide) groups is 1. The van der Waals surface area contributed by atoms with Crippen molar-refractivity contribution in [3.05, 3.63) is 76.3 Å². The lowest BCUT2D eigenvalue weighted by Crippen LogP contribution is -2.22. The smallest absolute Gasteiger partial charge is 0.338 e. The van der Waals surface area contributed by atoms with Crippen LogP contribution in [0.2, 0.25) is 0 Å². The Kier molecular flexibility index (Phi) is 7.37. The second-order valence-electron chi connectivity index (χ2n) is 6.43. The van der Waals surface area contributed by atoms with Crippen LogP contribution in [0.5, 0.6) is 0 Å². The number of anilines is 1. The predicted octanol–water partition coefficient (Wildman–Crippen LogP) is 4.74. The molecule has 0 aliphatic carbocycles. The maximum atomic E-state index is 12.5. The number of para-hydroxylation sites is 1. The molecule has 6 nitrogen and oxygen atoms in total. The fourth-order valence-corrected chi connectivity index (χ4v) is 4.53. The molecule has 0 saturated heterocycles. The van der Waals surface area contributed by atoms with E-state index in [-0.39, 0.29) is 5.78 Å². The molecule has 0 saturated carbocycles. The van der Waals surface area contributed by atoms with Gasteiger partial charge in [0.2, 0.25) is 0 Å². The summed E-state index contributed by atoms with van der Waals surface area (Å²) >= 11 is 3.10. The average Bonchev–Trinajstić information content (AvgIpc) is 3.16. The zero-order valence-corrected chi connectivity index (χ0v) is 18.1. The molecular formula is C22H20N2O4S2. The van der Waals surface area contributed by atoms with E-state index in [1.807, 2.05) is 24.4 Å². The van der Waals surface area contributed by atoms with Crippen molar-refractivity contribution >= 4 is 46.4 Å². The monoisotopic (exact) mass is 440 g/mol. The van der Waals surface area contributed by atoms with Crippen molar-refractivity contribution in [3.8, 4) is 0 Å². The van der Waals surface area contributed by atoms with Gasteiger partial charge in [0.1, 0.15) is 4.34 Å².